The summed E-state index contributed by atoms with van der Waals surface area (Å²) in [6, 6.07) is 3.42. The third kappa shape index (κ3) is 4.59. The van der Waals surface area contributed by atoms with E-state index >= 15 is 0 Å². The van der Waals surface area contributed by atoms with E-state index < -0.39 is 57.6 Å². The van der Waals surface area contributed by atoms with Gasteiger partial charge in [-0.3, -0.25) is 10.1 Å². The van der Waals surface area contributed by atoms with Gasteiger partial charge in [0.2, 0.25) is 11.5 Å². The van der Waals surface area contributed by atoms with Crippen LogP contribution in [0.5, 0.6) is 17.4 Å². The number of nitrogens with zero attached hydrogens (tertiary/aromatic N) is 2. The number of carbonyl (C=O) groups is 1. The zero-order valence-electron chi connectivity index (χ0n) is 13.4. The molecule has 0 aliphatic rings. The molecule has 27 heavy (non-hydrogen) atoms. The van der Waals surface area contributed by atoms with Crippen LogP contribution in [0.1, 0.15) is 12.5 Å². The molecule has 0 saturated heterocycles. The molecule has 0 fully saturated rings. The Morgan fingerprint density at radius 3 is 2.48 bits per heavy atom. The summed E-state index contributed by atoms with van der Waals surface area (Å²) >= 11 is 0. The van der Waals surface area contributed by atoms with Crippen molar-refractivity contribution in [3.05, 3.63) is 52.0 Å². The lowest BCUT2D eigenvalue weighted by molar-refractivity contribution is -0.386. The number of para-hydroxylation sites is 1. The average Bonchev–Trinajstić information content (AvgIpc) is 2.55. The Balaban J connectivity index is 2.42. The van der Waals surface area contributed by atoms with Crippen LogP contribution < -0.4 is 9.47 Å². The SMILES string of the molecule is CC(Oc1cccc(Oc2ncc(C(F)(F)F)cc2F)c1[N+](=O)[O-])C(=O)O. The van der Waals surface area contributed by atoms with E-state index in [-0.39, 0.29) is 6.07 Å². The number of hydrogen-bond donors (Lipinski definition) is 1. The van der Waals surface area contributed by atoms with Gasteiger partial charge in [0.1, 0.15) is 0 Å². The van der Waals surface area contributed by atoms with Crippen LogP contribution in [0.25, 0.3) is 0 Å². The van der Waals surface area contributed by atoms with Crippen molar-refractivity contribution in [2.45, 2.75) is 19.2 Å². The Labute approximate surface area is 148 Å². The summed E-state index contributed by atoms with van der Waals surface area (Å²) in [6.07, 6.45) is -5.98. The summed E-state index contributed by atoms with van der Waals surface area (Å²) in [5, 5.41) is 20.1. The molecular weight excluding hydrogens is 380 g/mol. The van der Waals surface area contributed by atoms with Crippen LogP contribution in [0.4, 0.5) is 23.2 Å². The highest BCUT2D eigenvalue weighted by Crippen LogP contribution is 2.40. The van der Waals surface area contributed by atoms with E-state index in [1.807, 2.05) is 0 Å². The number of benzene rings is 1. The minimum absolute atomic E-state index is 0.126. The zero-order valence-corrected chi connectivity index (χ0v) is 13.4. The molecule has 0 spiro atoms. The van der Waals surface area contributed by atoms with Gasteiger partial charge in [0.05, 0.1) is 10.5 Å². The van der Waals surface area contributed by atoms with Gasteiger partial charge in [-0.2, -0.15) is 13.2 Å². The summed E-state index contributed by atoms with van der Waals surface area (Å²) < 4.78 is 61.3. The largest absolute Gasteiger partial charge is 0.479 e. The average molecular weight is 390 g/mol. The lowest BCUT2D eigenvalue weighted by Crippen LogP contribution is -2.23. The lowest BCUT2D eigenvalue weighted by Gasteiger charge is -2.13. The van der Waals surface area contributed by atoms with Gasteiger partial charge in [-0.1, -0.05) is 6.07 Å². The van der Waals surface area contributed by atoms with Gasteiger partial charge in [-0.05, 0) is 25.1 Å². The van der Waals surface area contributed by atoms with Crippen LogP contribution in [-0.2, 0) is 11.0 Å². The molecule has 1 heterocycles. The van der Waals surface area contributed by atoms with E-state index in [0.29, 0.717) is 6.20 Å². The highest BCUT2D eigenvalue weighted by atomic mass is 19.4. The third-order valence-electron chi connectivity index (χ3n) is 3.14. The molecule has 0 saturated carbocycles. The molecule has 1 aromatic carbocycles. The van der Waals surface area contributed by atoms with Crippen molar-refractivity contribution in [2.24, 2.45) is 0 Å². The quantitative estimate of drug-likeness (QED) is 0.454. The number of pyridine rings is 1. The number of aromatic nitrogens is 1. The molecule has 1 N–H and O–H groups in total. The molecule has 0 bridgehead atoms. The number of alkyl halides is 3. The molecule has 2 rings (SSSR count). The van der Waals surface area contributed by atoms with Gasteiger partial charge in [-0.25, -0.2) is 14.2 Å². The second-order valence-electron chi connectivity index (χ2n) is 5.07. The highest BCUT2D eigenvalue weighted by molar-refractivity contribution is 5.72. The van der Waals surface area contributed by atoms with E-state index in [0.717, 1.165) is 19.1 Å². The van der Waals surface area contributed by atoms with Crippen molar-refractivity contribution >= 4 is 11.7 Å². The molecule has 0 aliphatic carbocycles. The van der Waals surface area contributed by atoms with Gasteiger partial charge in [-0.15, -0.1) is 0 Å². The first-order valence-electron chi connectivity index (χ1n) is 7.08. The van der Waals surface area contributed by atoms with E-state index in [4.69, 9.17) is 14.6 Å². The first-order chi connectivity index (χ1) is 12.5. The molecular formula is C15H10F4N2O6. The Hall–Kier alpha value is -3.44. The Kier molecular flexibility index (Phi) is 5.47. The molecule has 1 unspecified atom stereocenters. The topological polar surface area (TPSA) is 112 Å². The van der Waals surface area contributed by atoms with E-state index in [9.17, 15) is 32.5 Å². The summed E-state index contributed by atoms with van der Waals surface area (Å²) in [5.41, 5.74) is -2.21. The minimum Gasteiger partial charge on any atom is -0.479 e. The van der Waals surface area contributed by atoms with Crippen LogP contribution in [0.15, 0.2) is 30.5 Å². The van der Waals surface area contributed by atoms with Gasteiger partial charge < -0.3 is 14.6 Å². The van der Waals surface area contributed by atoms with Gasteiger partial charge in [0.15, 0.2) is 11.9 Å². The fraction of sp³-hybridized carbons (Fsp3) is 0.200. The van der Waals surface area contributed by atoms with Crippen LogP contribution in [0, 0.1) is 15.9 Å². The Bertz CT molecular complexity index is 887. The van der Waals surface area contributed by atoms with Gasteiger partial charge in [0, 0.05) is 6.20 Å². The first-order valence-corrected chi connectivity index (χ1v) is 7.08. The van der Waals surface area contributed by atoms with Gasteiger partial charge >= 0.3 is 17.8 Å². The monoisotopic (exact) mass is 390 g/mol. The summed E-state index contributed by atoms with van der Waals surface area (Å²) in [5.74, 6) is -4.91. The number of rotatable bonds is 6. The van der Waals surface area contributed by atoms with E-state index in [2.05, 4.69) is 4.98 Å². The first kappa shape index (κ1) is 19.9. The summed E-state index contributed by atoms with van der Waals surface area (Å²) in [7, 11) is 0. The molecule has 12 heteroatoms. The van der Waals surface area contributed by atoms with Crippen molar-refractivity contribution in [2.75, 3.05) is 0 Å². The lowest BCUT2D eigenvalue weighted by atomic mass is 10.2. The van der Waals surface area contributed by atoms with Crippen LogP contribution in [0.3, 0.4) is 0 Å². The number of halogens is 4. The molecule has 2 aromatic rings. The molecule has 144 valence electrons. The zero-order chi connectivity index (χ0) is 20.4. The maximum absolute atomic E-state index is 13.8. The summed E-state index contributed by atoms with van der Waals surface area (Å²) in [6.45, 7) is 1.12. The fourth-order valence-electron chi connectivity index (χ4n) is 1.86. The predicted molar refractivity (Wildman–Crippen MR) is 80.1 cm³/mol. The smallest absolute Gasteiger partial charge is 0.417 e. The molecule has 0 amide bonds. The normalized spacial score (nSPS) is 12.3. The number of hydrogen-bond acceptors (Lipinski definition) is 6. The number of ether oxygens (including phenoxy) is 2. The van der Waals surface area contributed by atoms with Crippen LogP contribution in [0.2, 0.25) is 0 Å². The molecule has 0 aliphatic heterocycles. The molecule has 1 atom stereocenters. The Morgan fingerprint density at radius 2 is 1.96 bits per heavy atom. The van der Waals surface area contributed by atoms with Crippen molar-refractivity contribution in [3.63, 3.8) is 0 Å². The van der Waals surface area contributed by atoms with Crippen molar-refractivity contribution in [3.8, 4) is 17.4 Å². The van der Waals surface area contributed by atoms with Crippen molar-refractivity contribution in [1.82, 2.24) is 4.98 Å². The Morgan fingerprint density at radius 1 is 1.33 bits per heavy atom. The molecule has 8 nitrogen and oxygen atoms in total. The van der Waals surface area contributed by atoms with E-state index in [1.54, 1.807) is 0 Å². The molecule has 0 radical (unpaired) electrons. The number of aliphatic carboxylic acids is 1. The number of nitro benzene ring substituents is 1. The van der Waals surface area contributed by atoms with Crippen molar-refractivity contribution < 1.29 is 41.9 Å². The minimum atomic E-state index is -4.83. The van der Waals surface area contributed by atoms with Crippen LogP contribution in [-0.4, -0.2) is 27.1 Å². The van der Waals surface area contributed by atoms with E-state index in [1.165, 1.54) is 6.07 Å². The standard InChI is InChI=1S/C15H10F4N2O6/c1-7(14(22)23)26-10-3-2-4-11(12(10)21(24)25)27-13-9(16)5-8(6-20-13)15(17,18)19/h2-7H,1H3,(H,22,23). The maximum atomic E-state index is 13.8. The number of nitro groups is 1. The van der Waals surface area contributed by atoms with Gasteiger partial charge in [0.25, 0.3) is 5.88 Å². The molecule has 1 aromatic heterocycles. The summed E-state index contributed by atoms with van der Waals surface area (Å²) in [4.78, 5) is 24.3. The number of carboxylic acids is 1. The predicted octanol–water partition coefficient (Wildman–Crippen LogP) is 3.79. The fourth-order valence-corrected chi connectivity index (χ4v) is 1.86. The maximum Gasteiger partial charge on any atom is 0.417 e. The second-order valence-corrected chi connectivity index (χ2v) is 5.07. The second kappa shape index (κ2) is 7.43. The van der Waals surface area contributed by atoms with Crippen molar-refractivity contribution in [1.29, 1.82) is 0 Å². The third-order valence-corrected chi connectivity index (χ3v) is 3.14. The van der Waals surface area contributed by atoms with Crippen LogP contribution >= 0.6 is 0 Å². The number of carboxylic acid groups (broad SMARTS) is 1. The highest BCUT2D eigenvalue weighted by Gasteiger charge is 2.33.